The van der Waals surface area contributed by atoms with Gasteiger partial charge in [0.1, 0.15) is 0 Å². The van der Waals surface area contributed by atoms with Crippen LogP contribution in [0.25, 0.3) is 0 Å². The predicted octanol–water partition coefficient (Wildman–Crippen LogP) is -0.580. The molecule has 0 aliphatic rings. The summed E-state index contributed by atoms with van der Waals surface area (Å²) in [5, 5.41) is 8.60. The van der Waals surface area contributed by atoms with Gasteiger partial charge in [0.15, 0.2) is 0 Å². The van der Waals surface area contributed by atoms with Gasteiger partial charge in [-0.1, -0.05) is 6.07 Å². The van der Waals surface area contributed by atoms with Gasteiger partial charge in [-0.15, -0.1) is 0 Å². The molecule has 1 aromatic rings. The first-order chi connectivity index (χ1) is 7.00. The van der Waals surface area contributed by atoms with Crippen LogP contribution < -0.4 is 0 Å². The summed E-state index contributed by atoms with van der Waals surface area (Å²) in [6, 6.07) is 4.88. The third kappa shape index (κ3) is 4.31. The van der Waals surface area contributed by atoms with E-state index in [9.17, 15) is 18.0 Å². The number of carbonyl (C=O) groups is 2. The molecule has 0 bridgehead atoms. The number of benzene rings is 1. The summed E-state index contributed by atoms with van der Waals surface area (Å²) in [4.78, 5) is 21.6. The molecule has 0 fully saturated rings. The molecule has 0 saturated carbocycles. The summed E-state index contributed by atoms with van der Waals surface area (Å²) in [6.45, 7) is 0. The maximum absolute atomic E-state index is 11.0. The number of carboxylic acid groups (broad SMARTS) is 1. The SMILES string of the molecule is O=C(O)c1cccc(C(=O)O[SH](=O)=O)c1.[NaH]. The molecule has 0 spiro atoms. The monoisotopic (exact) mass is 254 g/mol. The van der Waals surface area contributed by atoms with Crippen LogP contribution in [0.4, 0.5) is 0 Å². The standard InChI is InChI=1S/C8H6O6S.Na.H/c9-7(10)5-2-1-3-6(4-5)8(11)14-15(12)13;;/h1-4,15H,(H,9,10);;. The first-order valence-corrected chi connectivity index (χ1v) is 4.80. The van der Waals surface area contributed by atoms with Gasteiger partial charge < -0.3 is 9.29 Å². The van der Waals surface area contributed by atoms with Gasteiger partial charge in [-0.05, 0) is 18.2 Å². The van der Waals surface area contributed by atoms with Gasteiger partial charge in [0, 0.05) is 0 Å². The van der Waals surface area contributed by atoms with E-state index in [4.69, 9.17) is 5.11 Å². The van der Waals surface area contributed by atoms with Crippen molar-refractivity contribution < 1.29 is 27.3 Å². The van der Waals surface area contributed by atoms with Gasteiger partial charge in [-0.2, -0.15) is 8.42 Å². The van der Waals surface area contributed by atoms with Crippen molar-refractivity contribution in [1.29, 1.82) is 0 Å². The molecule has 0 radical (unpaired) electrons. The van der Waals surface area contributed by atoms with Gasteiger partial charge in [0.2, 0.25) is 0 Å². The molecule has 8 heteroatoms. The topological polar surface area (TPSA) is 97.7 Å². The van der Waals surface area contributed by atoms with Crippen LogP contribution >= 0.6 is 0 Å². The number of thiol groups is 1. The predicted molar refractivity (Wildman–Crippen MR) is 56.3 cm³/mol. The molecule has 1 N–H and O–H groups in total. The molecule has 16 heavy (non-hydrogen) atoms. The van der Waals surface area contributed by atoms with Crippen LogP contribution in [0.5, 0.6) is 0 Å². The van der Waals surface area contributed by atoms with Crippen molar-refractivity contribution in [2.75, 3.05) is 0 Å². The Bertz CT molecular complexity index is 473. The van der Waals surface area contributed by atoms with Gasteiger partial charge in [-0.3, -0.25) is 0 Å². The Hall–Kier alpha value is -0.890. The van der Waals surface area contributed by atoms with Crippen LogP contribution in [0.2, 0.25) is 0 Å². The average Bonchev–Trinajstić information content (AvgIpc) is 2.17. The summed E-state index contributed by atoms with van der Waals surface area (Å²) in [5.41, 5.74) is -0.250. The Morgan fingerprint density at radius 1 is 1.19 bits per heavy atom. The molecule has 0 atom stereocenters. The van der Waals surface area contributed by atoms with Gasteiger partial charge in [0.05, 0.1) is 11.1 Å². The second kappa shape index (κ2) is 6.64. The normalized spacial score (nSPS) is 9.31. The van der Waals surface area contributed by atoms with E-state index in [1.54, 1.807) is 0 Å². The molecule has 1 rings (SSSR count). The molecule has 0 aromatic heterocycles. The van der Waals surface area contributed by atoms with Crippen molar-refractivity contribution in [3.05, 3.63) is 35.4 Å². The van der Waals surface area contributed by atoms with Crippen LogP contribution in [0, 0.1) is 0 Å². The van der Waals surface area contributed by atoms with E-state index in [0.717, 1.165) is 6.07 Å². The number of carboxylic acids is 1. The van der Waals surface area contributed by atoms with E-state index in [2.05, 4.69) is 4.18 Å². The summed E-state index contributed by atoms with van der Waals surface area (Å²) < 4.78 is 24.1. The van der Waals surface area contributed by atoms with Crippen LogP contribution in [-0.4, -0.2) is 55.0 Å². The Labute approximate surface area is 115 Å². The molecule has 0 saturated heterocycles. The van der Waals surface area contributed by atoms with E-state index in [1.165, 1.54) is 18.2 Å². The average molecular weight is 254 g/mol. The second-order valence-electron chi connectivity index (χ2n) is 2.49. The number of rotatable bonds is 3. The summed E-state index contributed by atoms with van der Waals surface area (Å²) in [5.74, 6) is -2.31. The fraction of sp³-hybridized carbons (Fsp3) is 0. The molecule has 0 unspecified atom stereocenters. The van der Waals surface area contributed by atoms with E-state index >= 15 is 0 Å². The molecular weight excluding hydrogens is 247 g/mol. The molecule has 0 heterocycles. The third-order valence-electron chi connectivity index (χ3n) is 1.50. The quantitative estimate of drug-likeness (QED) is 0.553. The minimum absolute atomic E-state index is 0. The Morgan fingerprint density at radius 2 is 1.75 bits per heavy atom. The van der Waals surface area contributed by atoms with Crippen molar-refractivity contribution in [3.8, 4) is 0 Å². The third-order valence-corrected chi connectivity index (χ3v) is 1.82. The van der Waals surface area contributed by atoms with Crippen LogP contribution in [0.1, 0.15) is 20.7 Å². The van der Waals surface area contributed by atoms with Gasteiger partial charge >= 0.3 is 52.5 Å². The fourth-order valence-electron chi connectivity index (χ4n) is 0.900. The zero-order chi connectivity index (χ0) is 11.4. The number of hydrogen-bond acceptors (Lipinski definition) is 5. The molecule has 6 nitrogen and oxygen atoms in total. The zero-order valence-corrected chi connectivity index (χ0v) is 8.14. The van der Waals surface area contributed by atoms with Crippen molar-refractivity contribution in [2.45, 2.75) is 0 Å². The fourth-order valence-corrected chi connectivity index (χ4v) is 1.14. The first kappa shape index (κ1) is 15.1. The van der Waals surface area contributed by atoms with Crippen molar-refractivity contribution in [1.82, 2.24) is 0 Å². The summed E-state index contributed by atoms with van der Waals surface area (Å²) in [6.07, 6.45) is 0. The second-order valence-corrected chi connectivity index (χ2v) is 3.12. The Balaban J connectivity index is 0.00000225. The molecule has 1 aromatic carbocycles. The van der Waals surface area contributed by atoms with Crippen LogP contribution in [0.15, 0.2) is 24.3 Å². The summed E-state index contributed by atoms with van der Waals surface area (Å²) >= 11 is 0. The molecule has 0 amide bonds. The van der Waals surface area contributed by atoms with Crippen molar-refractivity contribution in [2.24, 2.45) is 0 Å². The van der Waals surface area contributed by atoms with Crippen LogP contribution in [-0.2, 0) is 15.2 Å². The van der Waals surface area contributed by atoms with E-state index in [1.807, 2.05) is 0 Å². The van der Waals surface area contributed by atoms with Gasteiger partial charge in [0.25, 0.3) is 0 Å². The number of carbonyl (C=O) groups excluding carboxylic acids is 1. The summed E-state index contributed by atoms with van der Waals surface area (Å²) in [7, 11) is -3.29. The van der Waals surface area contributed by atoms with Gasteiger partial charge in [-0.25, -0.2) is 9.59 Å². The van der Waals surface area contributed by atoms with Crippen molar-refractivity contribution in [3.63, 3.8) is 0 Å². The molecule has 82 valence electrons. The first-order valence-electron chi connectivity index (χ1n) is 3.71. The minimum atomic E-state index is -3.29. The van der Waals surface area contributed by atoms with E-state index < -0.39 is 22.9 Å². The molecule has 0 aliphatic heterocycles. The maximum atomic E-state index is 11.0. The molecular formula is C8H7NaO6S. The Morgan fingerprint density at radius 3 is 2.25 bits per heavy atom. The van der Waals surface area contributed by atoms with Crippen LogP contribution in [0.3, 0.4) is 0 Å². The number of hydrogen-bond donors (Lipinski definition) is 2. The molecule has 0 aliphatic carbocycles. The number of aromatic carboxylic acids is 1. The Kier molecular flexibility index (Phi) is 6.27. The van der Waals surface area contributed by atoms with E-state index in [0.29, 0.717) is 0 Å². The van der Waals surface area contributed by atoms with Crippen molar-refractivity contribution >= 4 is 52.5 Å². The zero-order valence-electron chi connectivity index (χ0n) is 7.25. The van der Waals surface area contributed by atoms with E-state index in [-0.39, 0.29) is 40.7 Å².